The van der Waals surface area contributed by atoms with Crippen molar-refractivity contribution in [3.63, 3.8) is 0 Å². The van der Waals surface area contributed by atoms with Gasteiger partial charge in [0.15, 0.2) is 0 Å². The molecule has 1 aliphatic heterocycles. The first kappa shape index (κ1) is 14.6. The van der Waals surface area contributed by atoms with E-state index >= 15 is 0 Å². The van der Waals surface area contributed by atoms with Crippen molar-refractivity contribution in [1.29, 1.82) is 0 Å². The summed E-state index contributed by atoms with van der Waals surface area (Å²) in [5.41, 5.74) is 2.45. The molecular weight excluding hydrogens is 248 g/mol. The summed E-state index contributed by atoms with van der Waals surface area (Å²) < 4.78 is 0. The Bertz CT molecular complexity index is 445. The van der Waals surface area contributed by atoms with Gasteiger partial charge in [0.25, 0.3) is 0 Å². The first-order valence-corrected chi connectivity index (χ1v) is 7.42. The van der Waals surface area contributed by atoms with Crippen LogP contribution < -0.4 is 4.90 Å². The molecule has 1 aliphatic rings. The molecule has 0 aromatic heterocycles. The lowest BCUT2D eigenvalue weighted by Gasteiger charge is -2.23. The number of carbonyl (C=O) groups is 1. The zero-order valence-electron chi connectivity index (χ0n) is 12.3. The van der Waals surface area contributed by atoms with Crippen molar-refractivity contribution in [3.05, 3.63) is 42.5 Å². The number of amides is 1. The average Bonchev–Trinajstić information content (AvgIpc) is 2.76. The third kappa shape index (κ3) is 3.86. The molecule has 0 atom stereocenters. The predicted octanol–water partition coefficient (Wildman–Crippen LogP) is 3.21. The number of hydrogen-bond donors (Lipinski definition) is 0. The molecule has 0 saturated carbocycles. The highest BCUT2D eigenvalue weighted by atomic mass is 16.2. The standard InChI is InChI=1S/C17H24N2O/c1-3-17(20)18(2)14-15-8-10-16(11-9-15)19-12-6-4-5-7-13-19/h3,8-11H,1,4-7,12-14H2,2H3. The first-order valence-electron chi connectivity index (χ1n) is 7.42. The van der Waals surface area contributed by atoms with Crippen LogP contribution in [-0.4, -0.2) is 30.9 Å². The minimum atomic E-state index is -0.0402. The summed E-state index contributed by atoms with van der Waals surface area (Å²) >= 11 is 0. The minimum absolute atomic E-state index is 0.0402. The molecule has 3 nitrogen and oxygen atoms in total. The highest BCUT2D eigenvalue weighted by Gasteiger charge is 2.10. The maximum absolute atomic E-state index is 11.5. The molecule has 2 rings (SSSR count). The highest BCUT2D eigenvalue weighted by molar-refractivity contribution is 5.86. The number of nitrogens with zero attached hydrogens (tertiary/aromatic N) is 2. The molecule has 0 radical (unpaired) electrons. The molecule has 1 heterocycles. The van der Waals surface area contributed by atoms with E-state index in [9.17, 15) is 4.79 Å². The van der Waals surface area contributed by atoms with Crippen LogP contribution in [0.25, 0.3) is 0 Å². The molecule has 20 heavy (non-hydrogen) atoms. The van der Waals surface area contributed by atoms with Gasteiger partial charge >= 0.3 is 0 Å². The van der Waals surface area contributed by atoms with Crippen LogP contribution in [-0.2, 0) is 11.3 Å². The Morgan fingerprint density at radius 2 is 1.80 bits per heavy atom. The van der Waals surface area contributed by atoms with E-state index in [0.717, 1.165) is 18.7 Å². The molecule has 1 aromatic carbocycles. The van der Waals surface area contributed by atoms with E-state index in [1.807, 2.05) is 0 Å². The Morgan fingerprint density at radius 1 is 1.20 bits per heavy atom. The van der Waals surface area contributed by atoms with Gasteiger partial charge in [0.05, 0.1) is 0 Å². The van der Waals surface area contributed by atoms with Crippen molar-refractivity contribution in [2.75, 3.05) is 25.0 Å². The maximum atomic E-state index is 11.5. The summed E-state index contributed by atoms with van der Waals surface area (Å²) in [7, 11) is 1.80. The lowest BCUT2D eigenvalue weighted by atomic mass is 10.1. The molecule has 1 amide bonds. The van der Waals surface area contributed by atoms with Crippen LogP contribution in [0.3, 0.4) is 0 Å². The third-order valence-electron chi connectivity index (χ3n) is 3.88. The Labute approximate surface area is 121 Å². The van der Waals surface area contributed by atoms with Crippen molar-refractivity contribution in [1.82, 2.24) is 4.90 Å². The van der Waals surface area contributed by atoms with Crippen molar-refractivity contribution in [2.24, 2.45) is 0 Å². The molecule has 3 heteroatoms. The van der Waals surface area contributed by atoms with Gasteiger partial charge in [0.2, 0.25) is 5.91 Å². The average molecular weight is 272 g/mol. The van der Waals surface area contributed by atoms with Gasteiger partial charge in [-0.2, -0.15) is 0 Å². The Balaban J connectivity index is 1.98. The number of carbonyl (C=O) groups excluding carboxylic acids is 1. The third-order valence-corrected chi connectivity index (χ3v) is 3.88. The molecule has 0 bridgehead atoms. The summed E-state index contributed by atoms with van der Waals surface area (Å²) in [5.74, 6) is -0.0402. The van der Waals surface area contributed by atoms with Crippen molar-refractivity contribution >= 4 is 11.6 Å². The first-order chi connectivity index (χ1) is 9.70. The molecule has 1 fully saturated rings. The van der Waals surface area contributed by atoms with Crippen molar-refractivity contribution in [2.45, 2.75) is 32.2 Å². The SMILES string of the molecule is C=CC(=O)N(C)Cc1ccc(N2CCCCCC2)cc1. The van der Waals surface area contributed by atoms with E-state index in [2.05, 4.69) is 35.7 Å². The summed E-state index contributed by atoms with van der Waals surface area (Å²) in [6.07, 6.45) is 6.63. The molecule has 0 N–H and O–H groups in total. The van der Waals surface area contributed by atoms with E-state index in [0.29, 0.717) is 6.54 Å². The molecule has 0 spiro atoms. The van der Waals surface area contributed by atoms with Gasteiger partial charge in [-0.25, -0.2) is 0 Å². The number of hydrogen-bond acceptors (Lipinski definition) is 2. The van der Waals surface area contributed by atoms with Crippen LogP contribution >= 0.6 is 0 Å². The fourth-order valence-corrected chi connectivity index (χ4v) is 2.65. The van der Waals surface area contributed by atoms with Crippen molar-refractivity contribution in [3.8, 4) is 0 Å². The van der Waals surface area contributed by atoms with Crippen LogP contribution in [0.1, 0.15) is 31.2 Å². The normalized spacial score (nSPS) is 15.6. The van der Waals surface area contributed by atoms with E-state index in [1.54, 1.807) is 11.9 Å². The molecular formula is C17H24N2O. The molecule has 1 saturated heterocycles. The summed E-state index contributed by atoms with van der Waals surface area (Å²) in [6.45, 7) is 6.46. The summed E-state index contributed by atoms with van der Waals surface area (Å²) in [6, 6.07) is 8.58. The number of likely N-dealkylation sites (N-methyl/N-ethyl adjacent to an activating group) is 1. The van der Waals surface area contributed by atoms with Gasteiger partial charge in [0, 0.05) is 32.4 Å². The summed E-state index contributed by atoms with van der Waals surface area (Å²) in [4.78, 5) is 15.6. The zero-order valence-corrected chi connectivity index (χ0v) is 12.3. The van der Waals surface area contributed by atoms with Crippen LogP contribution in [0.4, 0.5) is 5.69 Å². The van der Waals surface area contributed by atoms with Gasteiger partial charge < -0.3 is 9.80 Å². The van der Waals surface area contributed by atoms with E-state index < -0.39 is 0 Å². The Hall–Kier alpha value is -1.77. The Kier molecular flexibility index (Phi) is 5.22. The van der Waals surface area contributed by atoms with E-state index in [-0.39, 0.29) is 5.91 Å². The second kappa shape index (κ2) is 7.13. The van der Waals surface area contributed by atoms with Crippen LogP contribution in [0, 0.1) is 0 Å². The second-order valence-electron chi connectivity index (χ2n) is 5.47. The van der Waals surface area contributed by atoms with E-state index in [4.69, 9.17) is 0 Å². The van der Waals surface area contributed by atoms with Crippen LogP contribution in [0.2, 0.25) is 0 Å². The number of anilines is 1. The van der Waals surface area contributed by atoms with Crippen LogP contribution in [0.15, 0.2) is 36.9 Å². The lowest BCUT2D eigenvalue weighted by molar-refractivity contribution is -0.125. The van der Waals surface area contributed by atoms with Crippen molar-refractivity contribution < 1.29 is 4.79 Å². The smallest absolute Gasteiger partial charge is 0.245 e. The number of benzene rings is 1. The molecule has 0 aliphatic carbocycles. The van der Waals surface area contributed by atoms with Gasteiger partial charge in [-0.15, -0.1) is 0 Å². The van der Waals surface area contributed by atoms with Gasteiger partial charge in [-0.05, 0) is 36.6 Å². The molecule has 0 unspecified atom stereocenters. The Morgan fingerprint density at radius 3 is 2.35 bits per heavy atom. The fraction of sp³-hybridized carbons (Fsp3) is 0.471. The van der Waals surface area contributed by atoms with Crippen LogP contribution in [0.5, 0.6) is 0 Å². The largest absolute Gasteiger partial charge is 0.372 e. The highest BCUT2D eigenvalue weighted by Crippen LogP contribution is 2.20. The lowest BCUT2D eigenvalue weighted by Crippen LogP contribution is -2.25. The second-order valence-corrected chi connectivity index (χ2v) is 5.47. The van der Waals surface area contributed by atoms with Gasteiger partial charge in [0.1, 0.15) is 0 Å². The monoisotopic (exact) mass is 272 g/mol. The quantitative estimate of drug-likeness (QED) is 0.786. The summed E-state index contributed by atoms with van der Waals surface area (Å²) in [5, 5.41) is 0. The topological polar surface area (TPSA) is 23.6 Å². The number of rotatable bonds is 4. The fourth-order valence-electron chi connectivity index (χ4n) is 2.65. The minimum Gasteiger partial charge on any atom is -0.372 e. The van der Waals surface area contributed by atoms with Gasteiger partial charge in [-0.1, -0.05) is 31.6 Å². The maximum Gasteiger partial charge on any atom is 0.245 e. The zero-order chi connectivity index (χ0) is 14.4. The molecule has 108 valence electrons. The predicted molar refractivity (Wildman–Crippen MR) is 83.8 cm³/mol. The molecule has 1 aromatic rings. The van der Waals surface area contributed by atoms with E-state index in [1.165, 1.54) is 37.4 Å². The van der Waals surface area contributed by atoms with Gasteiger partial charge in [-0.3, -0.25) is 4.79 Å².